The van der Waals surface area contributed by atoms with E-state index in [9.17, 15) is 4.79 Å². The maximum absolute atomic E-state index is 11.9. The third kappa shape index (κ3) is 2.53. The molecule has 0 fully saturated rings. The lowest BCUT2D eigenvalue weighted by molar-refractivity contribution is 0.101. The van der Waals surface area contributed by atoms with Crippen molar-refractivity contribution in [2.75, 3.05) is 7.11 Å². The molecule has 0 radical (unpaired) electrons. The maximum atomic E-state index is 11.9. The number of ketones is 1. The van der Waals surface area contributed by atoms with Gasteiger partial charge in [0.1, 0.15) is 0 Å². The van der Waals surface area contributed by atoms with E-state index in [0.29, 0.717) is 12.2 Å². The van der Waals surface area contributed by atoms with Gasteiger partial charge in [0.25, 0.3) is 0 Å². The first-order valence-electron chi connectivity index (χ1n) is 7.48. The first-order valence-corrected chi connectivity index (χ1v) is 7.48. The summed E-state index contributed by atoms with van der Waals surface area (Å²) in [4.78, 5) is 16.6. The quantitative estimate of drug-likeness (QED) is 0.693. The third-order valence-electron chi connectivity index (χ3n) is 3.94. The summed E-state index contributed by atoms with van der Waals surface area (Å²) in [6.07, 6.45) is 0. The molecule has 118 valence electrons. The van der Waals surface area contributed by atoms with Crippen LogP contribution in [0.1, 0.15) is 34.4 Å². The highest BCUT2D eigenvalue weighted by Crippen LogP contribution is 2.30. The summed E-state index contributed by atoms with van der Waals surface area (Å²) < 4.78 is 7.05. The topological polar surface area (TPSA) is 56.5 Å². The molecule has 0 unspecified atom stereocenters. The lowest BCUT2D eigenvalue weighted by atomic mass is 10.1. The van der Waals surface area contributed by atoms with E-state index < -0.39 is 0 Å². The number of fused-ring (bicyclic) bond motifs is 1. The monoisotopic (exact) mass is 309 g/mol. The minimum Gasteiger partial charge on any atom is -0.378 e. The summed E-state index contributed by atoms with van der Waals surface area (Å²) in [5.74, 6) is -0.000507. The van der Waals surface area contributed by atoms with Crippen molar-refractivity contribution in [2.24, 2.45) is 0 Å². The fraction of sp³-hybridized carbons (Fsp3) is 0.278. The number of aromatic nitrogens is 3. The Balaban J connectivity index is 2.38. The molecule has 3 rings (SSSR count). The largest absolute Gasteiger partial charge is 0.378 e. The van der Waals surface area contributed by atoms with Gasteiger partial charge in [-0.05, 0) is 26.3 Å². The van der Waals surface area contributed by atoms with Crippen LogP contribution < -0.4 is 0 Å². The second-order valence-corrected chi connectivity index (χ2v) is 5.57. The predicted octanol–water partition coefficient (Wildman–Crippen LogP) is 3.36. The first kappa shape index (κ1) is 15.4. The molecular weight excluding hydrogens is 290 g/mol. The predicted molar refractivity (Wildman–Crippen MR) is 88.6 cm³/mol. The summed E-state index contributed by atoms with van der Waals surface area (Å²) in [5.41, 5.74) is 5.72. The lowest BCUT2D eigenvalue weighted by Crippen LogP contribution is -2.09. The Morgan fingerprint density at radius 3 is 2.52 bits per heavy atom. The molecule has 0 bridgehead atoms. The van der Waals surface area contributed by atoms with Crippen LogP contribution in [-0.4, -0.2) is 27.5 Å². The van der Waals surface area contributed by atoms with Crippen LogP contribution >= 0.6 is 0 Å². The number of aryl methyl sites for hydroxylation is 2. The Morgan fingerprint density at radius 1 is 1.22 bits per heavy atom. The normalized spacial score (nSPS) is 11.1. The lowest BCUT2D eigenvalue weighted by Gasteiger charge is -2.08. The number of rotatable bonds is 4. The minimum atomic E-state index is -0.000507. The minimum absolute atomic E-state index is 0.000507. The number of ether oxygens (including phenoxy) is 1. The summed E-state index contributed by atoms with van der Waals surface area (Å²) in [7, 11) is 1.64. The molecule has 0 aliphatic carbocycles. The molecule has 0 saturated carbocycles. The van der Waals surface area contributed by atoms with Crippen LogP contribution in [0.2, 0.25) is 0 Å². The van der Waals surface area contributed by atoms with Gasteiger partial charge in [-0.25, -0.2) is 9.50 Å². The first-order chi connectivity index (χ1) is 11.0. The number of methoxy groups -OCH3 is 1. The van der Waals surface area contributed by atoms with Gasteiger partial charge in [0.15, 0.2) is 11.4 Å². The number of Topliss-reactive ketones (excluding diaryl/α,β-unsaturated/α-hetero) is 1. The van der Waals surface area contributed by atoms with Crippen LogP contribution in [0.25, 0.3) is 16.8 Å². The van der Waals surface area contributed by atoms with Gasteiger partial charge in [0, 0.05) is 7.11 Å². The Labute approximate surface area is 134 Å². The van der Waals surface area contributed by atoms with Crippen molar-refractivity contribution in [3.05, 3.63) is 53.0 Å². The number of nitrogens with zero attached hydrogens (tertiary/aromatic N) is 3. The van der Waals surface area contributed by atoms with Crippen molar-refractivity contribution < 1.29 is 9.53 Å². The Hall–Kier alpha value is -2.53. The highest BCUT2D eigenvalue weighted by molar-refractivity contribution is 5.96. The van der Waals surface area contributed by atoms with Crippen molar-refractivity contribution in [1.29, 1.82) is 0 Å². The standard InChI is InChI=1S/C18H19N3O2/c1-11-16(13(3)22)12(2)21-18(19-11)17(15(20-21)10-23-4)14-8-6-5-7-9-14/h5-9H,10H2,1-4H3. The SMILES string of the molecule is COCc1nn2c(C)c(C(C)=O)c(C)nc2c1-c1ccccc1. The highest BCUT2D eigenvalue weighted by Gasteiger charge is 2.21. The van der Waals surface area contributed by atoms with Gasteiger partial charge in [-0.2, -0.15) is 5.10 Å². The number of hydrogen-bond donors (Lipinski definition) is 0. The Morgan fingerprint density at radius 2 is 1.91 bits per heavy atom. The van der Waals surface area contributed by atoms with Crippen molar-refractivity contribution in [2.45, 2.75) is 27.4 Å². The molecule has 5 heteroatoms. The van der Waals surface area contributed by atoms with E-state index in [0.717, 1.165) is 33.9 Å². The van der Waals surface area contributed by atoms with Gasteiger partial charge in [0.05, 0.1) is 34.8 Å². The molecule has 0 atom stereocenters. The molecule has 23 heavy (non-hydrogen) atoms. The zero-order valence-electron chi connectivity index (χ0n) is 13.8. The van der Waals surface area contributed by atoms with Crippen LogP contribution in [0, 0.1) is 13.8 Å². The van der Waals surface area contributed by atoms with Gasteiger partial charge in [0.2, 0.25) is 0 Å². The molecule has 0 amide bonds. The van der Waals surface area contributed by atoms with Gasteiger partial charge < -0.3 is 4.74 Å². The molecule has 1 aromatic carbocycles. The zero-order chi connectivity index (χ0) is 16.6. The Bertz CT molecular complexity index is 882. The fourth-order valence-corrected chi connectivity index (χ4v) is 3.02. The second kappa shape index (κ2) is 5.93. The summed E-state index contributed by atoms with van der Waals surface area (Å²) in [5, 5.41) is 4.64. The van der Waals surface area contributed by atoms with E-state index in [2.05, 4.69) is 10.1 Å². The van der Waals surface area contributed by atoms with Crippen LogP contribution in [0.5, 0.6) is 0 Å². The zero-order valence-corrected chi connectivity index (χ0v) is 13.8. The number of carbonyl (C=O) groups excluding carboxylic acids is 1. The van der Waals surface area contributed by atoms with Crippen LogP contribution in [0.3, 0.4) is 0 Å². The van der Waals surface area contributed by atoms with Crippen LogP contribution in [-0.2, 0) is 11.3 Å². The Kier molecular flexibility index (Phi) is 3.96. The molecule has 3 aromatic rings. The molecule has 0 saturated heterocycles. The molecular formula is C18H19N3O2. The number of hydrogen-bond acceptors (Lipinski definition) is 4. The molecule has 2 aromatic heterocycles. The van der Waals surface area contributed by atoms with Crippen molar-refractivity contribution in [3.8, 4) is 11.1 Å². The molecule has 0 N–H and O–H groups in total. The molecule has 0 aliphatic heterocycles. The van der Waals surface area contributed by atoms with E-state index in [1.807, 2.05) is 44.2 Å². The maximum Gasteiger partial charge on any atom is 0.163 e. The highest BCUT2D eigenvalue weighted by atomic mass is 16.5. The average Bonchev–Trinajstić information content (AvgIpc) is 2.86. The third-order valence-corrected chi connectivity index (χ3v) is 3.94. The number of carbonyl (C=O) groups is 1. The second-order valence-electron chi connectivity index (χ2n) is 5.57. The number of benzene rings is 1. The smallest absolute Gasteiger partial charge is 0.163 e. The van der Waals surface area contributed by atoms with Crippen molar-refractivity contribution >= 4 is 11.4 Å². The van der Waals surface area contributed by atoms with E-state index in [1.54, 1.807) is 18.5 Å². The molecule has 0 spiro atoms. The van der Waals surface area contributed by atoms with Crippen LogP contribution in [0.4, 0.5) is 0 Å². The van der Waals surface area contributed by atoms with E-state index in [4.69, 9.17) is 4.74 Å². The summed E-state index contributed by atoms with van der Waals surface area (Å²) in [6.45, 7) is 5.71. The van der Waals surface area contributed by atoms with E-state index >= 15 is 0 Å². The van der Waals surface area contributed by atoms with Gasteiger partial charge in [-0.15, -0.1) is 0 Å². The van der Waals surface area contributed by atoms with E-state index in [1.165, 1.54) is 0 Å². The fourth-order valence-electron chi connectivity index (χ4n) is 3.02. The molecule has 2 heterocycles. The summed E-state index contributed by atoms with van der Waals surface area (Å²) >= 11 is 0. The van der Waals surface area contributed by atoms with Crippen molar-refractivity contribution in [3.63, 3.8) is 0 Å². The summed E-state index contributed by atoms with van der Waals surface area (Å²) in [6, 6.07) is 10.0. The van der Waals surface area contributed by atoms with Crippen molar-refractivity contribution in [1.82, 2.24) is 14.6 Å². The van der Waals surface area contributed by atoms with Gasteiger partial charge in [-0.1, -0.05) is 30.3 Å². The average molecular weight is 309 g/mol. The molecule has 0 aliphatic rings. The van der Waals surface area contributed by atoms with Gasteiger partial charge in [-0.3, -0.25) is 4.79 Å². The van der Waals surface area contributed by atoms with E-state index in [-0.39, 0.29) is 5.78 Å². The molecule has 5 nitrogen and oxygen atoms in total. The van der Waals surface area contributed by atoms with Crippen LogP contribution in [0.15, 0.2) is 30.3 Å². The van der Waals surface area contributed by atoms with Gasteiger partial charge >= 0.3 is 0 Å².